The molecule has 2 rings (SSSR count). The Balaban J connectivity index is 1.97. The predicted molar refractivity (Wildman–Crippen MR) is 77.8 cm³/mol. The number of hydrogen-bond donors (Lipinski definition) is 2. The van der Waals surface area contributed by atoms with Crippen molar-refractivity contribution in [3.05, 3.63) is 34.9 Å². The van der Waals surface area contributed by atoms with Gasteiger partial charge in [-0.05, 0) is 42.4 Å². The number of fused-ring (bicyclic) bond motifs is 1. The highest BCUT2D eigenvalue weighted by Crippen LogP contribution is 2.22. The summed E-state index contributed by atoms with van der Waals surface area (Å²) in [6, 6.07) is 5.11. The van der Waals surface area contributed by atoms with E-state index in [9.17, 15) is 9.59 Å². The minimum atomic E-state index is -1.000. The molecular formula is C16H21NO4. The molecule has 1 atom stereocenters. The van der Waals surface area contributed by atoms with Gasteiger partial charge in [-0.15, -0.1) is 0 Å². The smallest absolute Gasteiger partial charge is 0.330 e. The van der Waals surface area contributed by atoms with E-state index >= 15 is 0 Å². The van der Waals surface area contributed by atoms with Gasteiger partial charge < -0.3 is 15.2 Å². The van der Waals surface area contributed by atoms with E-state index < -0.39 is 18.6 Å². The van der Waals surface area contributed by atoms with E-state index in [4.69, 9.17) is 5.11 Å². The minimum Gasteiger partial charge on any atom is -0.467 e. The number of rotatable bonds is 5. The van der Waals surface area contributed by atoms with E-state index in [1.54, 1.807) is 0 Å². The first-order chi connectivity index (χ1) is 10.1. The van der Waals surface area contributed by atoms with Gasteiger partial charge in [-0.2, -0.15) is 0 Å². The van der Waals surface area contributed by atoms with E-state index in [2.05, 4.69) is 22.2 Å². The molecule has 0 saturated heterocycles. The number of aryl methyl sites for hydroxylation is 2. The highest BCUT2D eigenvalue weighted by Gasteiger charge is 2.20. The lowest BCUT2D eigenvalue weighted by atomic mass is 9.90. The molecule has 0 radical (unpaired) electrons. The number of ether oxygens (including phenoxy) is 1. The summed E-state index contributed by atoms with van der Waals surface area (Å²) >= 11 is 0. The second-order valence-electron chi connectivity index (χ2n) is 5.31. The summed E-state index contributed by atoms with van der Waals surface area (Å²) in [6.07, 6.45) is 4.78. The molecule has 5 heteroatoms. The average Bonchev–Trinajstić information content (AvgIpc) is 2.51. The van der Waals surface area contributed by atoms with Crippen LogP contribution in [-0.4, -0.2) is 36.7 Å². The lowest BCUT2D eigenvalue weighted by Crippen LogP contribution is -2.44. The van der Waals surface area contributed by atoms with Crippen LogP contribution in [0.5, 0.6) is 0 Å². The van der Waals surface area contributed by atoms with Gasteiger partial charge in [-0.3, -0.25) is 4.79 Å². The van der Waals surface area contributed by atoms with E-state index in [0.29, 0.717) is 0 Å². The fourth-order valence-electron chi connectivity index (χ4n) is 2.65. The Labute approximate surface area is 124 Å². The van der Waals surface area contributed by atoms with Crippen molar-refractivity contribution in [3.63, 3.8) is 0 Å². The number of methoxy groups -OCH3 is 1. The summed E-state index contributed by atoms with van der Waals surface area (Å²) in [5, 5.41) is 11.6. The molecule has 2 N–H and O–H groups in total. The van der Waals surface area contributed by atoms with Gasteiger partial charge in [0.25, 0.3) is 0 Å². The standard InChI is InChI=1S/C16H21NO4/c1-21-16(20)14(10-18)17-15(19)9-11-6-7-12-4-2-3-5-13(12)8-11/h6-8,14,18H,2-5,9-10H2,1H3,(H,17,19). The molecule has 0 aromatic heterocycles. The molecule has 1 aliphatic carbocycles. The van der Waals surface area contributed by atoms with Crippen LogP contribution in [0, 0.1) is 0 Å². The Bertz CT molecular complexity index is 527. The van der Waals surface area contributed by atoms with Gasteiger partial charge in [0.05, 0.1) is 20.1 Å². The number of benzene rings is 1. The third kappa shape index (κ3) is 4.04. The van der Waals surface area contributed by atoms with Crippen molar-refractivity contribution in [1.82, 2.24) is 5.32 Å². The fourth-order valence-corrected chi connectivity index (χ4v) is 2.65. The normalized spacial score (nSPS) is 15.0. The number of nitrogens with one attached hydrogen (secondary N) is 1. The zero-order chi connectivity index (χ0) is 15.2. The van der Waals surface area contributed by atoms with Crippen molar-refractivity contribution in [3.8, 4) is 0 Å². The second kappa shape index (κ2) is 7.22. The predicted octanol–water partition coefficient (Wildman–Crippen LogP) is 0.758. The average molecular weight is 291 g/mol. The summed E-state index contributed by atoms with van der Waals surface area (Å²) in [7, 11) is 1.22. The molecule has 0 heterocycles. The summed E-state index contributed by atoms with van der Waals surface area (Å²) in [5.41, 5.74) is 3.61. The fraction of sp³-hybridized carbons (Fsp3) is 0.500. The molecule has 1 aromatic carbocycles. The highest BCUT2D eigenvalue weighted by atomic mass is 16.5. The van der Waals surface area contributed by atoms with E-state index in [1.807, 2.05) is 6.07 Å². The van der Waals surface area contributed by atoms with Crippen LogP contribution in [0.15, 0.2) is 18.2 Å². The summed E-state index contributed by atoms with van der Waals surface area (Å²) in [5.74, 6) is -0.938. The van der Waals surface area contributed by atoms with Crippen molar-refractivity contribution >= 4 is 11.9 Å². The van der Waals surface area contributed by atoms with Crippen LogP contribution < -0.4 is 5.32 Å². The Hall–Kier alpha value is -1.88. The molecule has 0 spiro atoms. The summed E-state index contributed by atoms with van der Waals surface area (Å²) < 4.78 is 4.52. The minimum absolute atomic E-state index is 0.195. The lowest BCUT2D eigenvalue weighted by molar-refractivity contribution is -0.146. The molecule has 1 unspecified atom stereocenters. The first-order valence-electron chi connectivity index (χ1n) is 7.22. The SMILES string of the molecule is COC(=O)C(CO)NC(=O)Cc1ccc2c(c1)CCCC2. The third-order valence-electron chi connectivity index (χ3n) is 3.78. The first-order valence-corrected chi connectivity index (χ1v) is 7.22. The van der Waals surface area contributed by atoms with Crippen molar-refractivity contribution in [2.75, 3.05) is 13.7 Å². The molecular weight excluding hydrogens is 270 g/mol. The van der Waals surface area contributed by atoms with Gasteiger partial charge in [0.2, 0.25) is 5.91 Å². The lowest BCUT2D eigenvalue weighted by Gasteiger charge is -2.17. The zero-order valence-electron chi connectivity index (χ0n) is 12.2. The van der Waals surface area contributed by atoms with Crippen LogP contribution >= 0.6 is 0 Å². The van der Waals surface area contributed by atoms with Crippen LogP contribution in [0.1, 0.15) is 29.5 Å². The number of esters is 1. The van der Waals surface area contributed by atoms with E-state index in [-0.39, 0.29) is 12.3 Å². The molecule has 5 nitrogen and oxygen atoms in total. The van der Waals surface area contributed by atoms with Crippen LogP contribution in [0.25, 0.3) is 0 Å². The van der Waals surface area contributed by atoms with Gasteiger partial charge in [-0.1, -0.05) is 18.2 Å². The van der Waals surface area contributed by atoms with Gasteiger partial charge in [0.15, 0.2) is 6.04 Å². The topological polar surface area (TPSA) is 75.6 Å². The molecule has 1 aliphatic rings. The molecule has 0 fully saturated rings. The maximum Gasteiger partial charge on any atom is 0.330 e. The molecule has 0 saturated carbocycles. The molecule has 0 bridgehead atoms. The van der Waals surface area contributed by atoms with Gasteiger partial charge in [0.1, 0.15) is 0 Å². The number of aliphatic hydroxyl groups is 1. The Morgan fingerprint density at radius 3 is 2.67 bits per heavy atom. The second-order valence-corrected chi connectivity index (χ2v) is 5.31. The Morgan fingerprint density at radius 2 is 2.00 bits per heavy atom. The summed E-state index contributed by atoms with van der Waals surface area (Å²) in [4.78, 5) is 23.3. The molecule has 114 valence electrons. The van der Waals surface area contributed by atoms with Crippen LogP contribution in [0.4, 0.5) is 0 Å². The van der Waals surface area contributed by atoms with Crippen molar-refractivity contribution in [2.45, 2.75) is 38.1 Å². The quantitative estimate of drug-likeness (QED) is 0.785. The molecule has 0 aliphatic heterocycles. The maximum atomic E-state index is 11.9. The zero-order valence-corrected chi connectivity index (χ0v) is 12.2. The van der Waals surface area contributed by atoms with Gasteiger partial charge in [0, 0.05) is 0 Å². The number of amides is 1. The van der Waals surface area contributed by atoms with Crippen LogP contribution in [0.2, 0.25) is 0 Å². The number of carbonyl (C=O) groups excluding carboxylic acids is 2. The third-order valence-corrected chi connectivity index (χ3v) is 3.78. The van der Waals surface area contributed by atoms with Gasteiger partial charge >= 0.3 is 5.97 Å². The van der Waals surface area contributed by atoms with Crippen molar-refractivity contribution in [2.24, 2.45) is 0 Å². The molecule has 1 amide bonds. The molecule has 21 heavy (non-hydrogen) atoms. The van der Waals surface area contributed by atoms with Crippen LogP contribution in [0.3, 0.4) is 0 Å². The number of carbonyl (C=O) groups is 2. The van der Waals surface area contributed by atoms with E-state index in [0.717, 1.165) is 18.4 Å². The molecule has 1 aromatic rings. The summed E-state index contributed by atoms with van der Waals surface area (Å²) in [6.45, 7) is -0.470. The Morgan fingerprint density at radius 1 is 1.29 bits per heavy atom. The van der Waals surface area contributed by atoms with E-state index in [1.165, 1.54) is 31.1 Å². The highest BCUT2D eigenvalue weighted by molar-refractivity contribution is 5.85. The van der Waals surface area contributed by atoms with Crippen LogP contribution in [-0.2, 0) is 33.6 Å². The monoisotopic (exact) mass is 291 g/mol. The first kappa shape index (κ1) is 15.5. The van der Waals surface area contributed by atoms with Crippen molar-refractivity contribution < 1.29 is 19.4 Å². The van der Waals surface area contributed by atoms with Crippen molar-refractivity contribution in [1.29, 1.82) is 0 Å². The largest absolute Gasteiger partial charge is 0.467 e. The maximum absolute atomic E-state index is 11.9. The van der Waals surface area contributed by atoms with Gasteiger partial charge in [-0.25, -0.2) is 4.79 Å². The Kier molecular flexibility index (Phi) is 5.33. The number of hydrogen-bond acceptors (Lipinski definition) is 4. The number of aliphatic hydroxyl groups excluding tert-OH is 1.